The van der Waals surface area contributed by atoms with Crippen molar-refractivity contribution >= 4 is 11.9 Å². The molecule has 2 nitrogen and oxygen atoms in total. The fourth-order valence-corrected chi connectivity index (χ4v) is 4.48. The first-order valence-corrected chi connectivity index (χ1v) is 7.60. The van der Waals surface area contributed by atoms with E-state index in [2.05, 4.69) is 17.3 Å². The average Bonchev–Trinajstić information content (AvgIpc) is 2.62. The van der Waals surface area contributed by atoms with Gasteiger partial charge in [0.2, 0.25) is 0 Å². The third kappa shape index (κ3) is 2.14. The van der Waals surface area contributed by atoms with Crippen molar-refractivity contribution in [1.29, 1.82) is 0 Å². The molecule has 18 heavy (non-hydrogen) atoms. The zero-order valence-corrected chi connectivity index (χ0v) is 12.0. The predicted octanol–water partition coefficient (Wildman–Crippen LogP) is 3.97. The van der Waals surface area contributed by atoms with Crippen LogP contribution in [-0.4, -0.2) is 22.0 Å². The quantitative estimate of drug-likeness (QED) is 0.817. The van der Waals surface area contributed by atoms with E-state index in [4.69, 9.17) is 0 Å². The zero-order valence-electron chi connectivity index (χ0n) is 11.1. The number of benzene rings is 1. The van der Waals surface area contributed by atoms with Crippen molar-refractivity contribution in [2.75, 3.05) is 6.54 Å². The minimum Gasteiger partial charge on any atom is -0.508 e. The number of aromatic hydroxyl groups is 1. The van der Waals surface area contributed by atoms with Crippen molar-refractivity contribution in [2.45, 2.75) is 50.5 Å². The van der Waals surface area contributed by atoms with Crippen LogP contribution in [0, 0.1) is 12.3 Å². The van der Waals surface area contributed by atoms with Gasteiger partial charge in [-0.15, -0.1) is 0 Å². The lowest BCUT2D eigenvalue weighted by molar-refractivity contribution is 0.154. The third-order valence-corrected chi connectivity index (χ3v) is 5.70. The summed E-state index contributed by atoms with van der Waals surface area (Å²) in [4.78, 5) is 1.24. The van der Waals surface area contributed by atoms with Crippen LogP contribution in [0.2, 0.25) is 0 Å². The molecule has 1 spiro atoms. The maximum Gasteiger partial charge on any atom is 0.118 e. The van der Waals surface area contributed by atoms with Crippen LogP contribution in [0.1, 0.15) is 38.2 Å². The number of phenols is 1. The van der Waals surface area contributed by atoms with Crippen molar-refractivity contribution in [3.8, 4) is 5.75 Å². The summed E-state index contributed by atoms with van der Waals surface area (Å²) < 4.78 is 2.53. The molecule has 0 aromatic heterocycles. The van der Waals surface area contributed by atoms with Crippen LogP contribution in [0.15, 0.2) is 23.1 Å². The fraction of sp³-hybridized carbons (Fsp3) is 0.600. The number of hydrogen-bond acceptors (Lipinski definition) is 3. The molecule has 1 saturated carbocycles. The Labute approximate surface area is 114 Å². The van der Waals surface area contributed by atoms with Crippen LogP contribution in [-0.2, 0) is 0 Å². The molecule has 2 fully saturated rings. The van der Waals surface area contributed by atoms with E-state index in [1.165, 1.54) is 37.1 Å². The Morgan fingerprint density at radius 2 is 2.17 bits per heavy atom. The van der Waals surface area contributed by atoms with Crippen molar-refractivity contribution < 1.29 is 5.11 Å². The summed E-state index contributed by atoms with van der Waals surface area (Å²) in [5.41, 5.74) is 1.60. The highest BCUT2D eigenvalue weighted by Crippen LogP contribution is 2.52. The lowest BCUT2D eigenvalue weighted by Gasteiger charge is -2.38. The molecule has 1 aromatic rings. The molecule has 1 saturated heterocycles. The first-order valence-electron chi connectivity index (χ1n) is 6.82. The van der Waals surface area contributed by atoms with E-state index in [-0.39, 0.29) is 0 Å². The SMILES string of the molecule is Cc1cc(SN2CC3(CCC3)CC2C)ccc1O. The second-order valence-electron chi connectivity index (χ2n) is 6.02. The van der Waals surface area contributed by atoms with Gasteiger partial charge in [0.15, 0.2) is 0 Å². The topological polar surface area (TPSA) is 23.5 Å². The lowest BCUT2D eigenvalue weighted by atomic mass is 9.68. The highest BCUT2D eigenvalue weighted by Gasteiger charge is 2.46. The van der Waals surface area contributed by atoms with Gasteiger partial charge in [0, 0.05) is 17.5 Å². The van der Waals surface area contributed by atoms with Gasteiger partial charge in [-0.1, -0.05) is 6.42 Å². The molecule has 1 atom stereocenters. The van der Waals surface area contributed by atoms with Crippen molar-refractivity contribution in [2.24, 2.45) is 5.41 Å². The number of hydrogen-bond donors (Lipinski definition) is 1. The molecule has 1 unspecified atom stereocenters. The van der Waals surface area contributed by atoms with Crippen LogP contribution in [0.25, 0.3) is 0 Å². The van der Waals surface area contributed by atoms with E-state index < -0.39 is 0 Å². The summed E-state index contributed by atoms with van der Waals surface area (Å²) in [6.45, 7) is 5.53. The average molecular weight is 263 g/mol. The number of rotatable bonds is 2. The standard InChI is InChI=1S/C15H21NOS/c1-11-8-13(4-5-14(11)17)18-16-10-15(6-3-7-15)9-12(16)2/h4-5,8,12,17H,3,6-7,9-10H2,1-2H3. The Balaban J connectivity index is 1.70. The maximum atomic E-state index is 9.56. The van der Waals surface area contributed by atoms with E-state index in [9.17, 15) is 5.11 Å². The summed E-state index contributed by atoms with van der Waals surface area (Å²) >= 11 is 1.86. The molecule has 1 heterocycles. The van der Waals surface area contributed by atoms with E-state index in [0.29, 0.717) is 17.2 Å². The second kappa shape index (κ2) is 4.46. The van der Waals surface area contributed by atoms with Crippen LogP contribution in [0.5, 0.6) is 5.75 Å². The van der Waals surface area contributed by atoms with Gasteiger partial charge in [-0.2, -0.15) is 0 Å². The van der Waals surface area contributed by atoms with Crippen molar-refractivity contribution in [3.05, 3.63) is 23.8 Å². The van der Waals surface area contributed by atoms with Gasteiger partial charge in [0.1, 0.15) is 5.75 Å². The number of aryl methyl sites for hydroxylation is 1. The van der Waals surface area contributed by atoms with E-state index in [1.807, 2.05) is 24.9 Å². The molecule has 1 aliphatic heterocycles. The monoisotopic (exact) mass is 263 g/mol. The summed E-state index contributed by atoms with van der Waals surface area (Å²) in [5.74, 6) is 0.393. The van der Waals surface area contributed by atoms with Crippen LogP contribution >= 0.6 is 11.9 Å². The first kappa shape index (κ1) is 12.4. The number of phenolic OH excluding ortho intramolecular Hbond substituents is 1. The van der Waals surface area contributed by atoms with E-state index in [1.54, 1.807) is 6.07 Å². The number of nitrogens with zero attached hydrogens (tertiary/aromatic N) is 1. The molecule has 3 heteroatoms. The highest BCUT2D eigenvalue weighted by atomic mass is 32.2. The molecule has 1 N–H and O–H groups in total. The van der Waals surface area contributed by atoms with E-state index in [0.717, 1.165) is 5.56 Å². The molecule has 3 rings (SSSR count). The summed E-state index contributed by atoms with van der Waals surface area (Å²) in [7, 11) is 0. The molecule has 2 aliphatic rings. The molecule has 0 radical (unpaired) electrons. The highest BCUT2D eigenvalue weighted by molar-refractivity contribution is 7.97. The lowest BCUT2D eigenvalue weighted by Crippen LogP contribution is -2.31. The van der Waals surface area contributed by atoms with Gasteiger partial charge in [0.25, 0.3) is 0 Å². The van der Waals surface area contributed by atoms with Gasteiger partial charge in [-0.05, 0) is 74.2 Å². The Bertz CT molecular complexity index is 456. The van der Waals surface area contributed by atoms with Gasteiger partial charge in [-0.25, -0.2) is 4.31 Å². The summed E-state index contributed by atoms with van der Waals surface area (Å²) in [5, 5.41) is 9.56. The smallest absolute Gasteiger partial charge is 0.118 e. The Morgan fingerprint density at radius 3 is 2.72 bits per heavy atom. The molecular weight excluding hydrogens is 242 g/mol. The minimum atomic E-state index is 0.393. The van der Waals surface area contributed by atoms with Crippen LogP contribution < -0.4 is 0 Å². The zero-order chi connectivity index (χ0) is 12.8. The summed E-state index contributed by atoms with van der Waals surface area (Å²) in [6, 6.07) is 6.58. The van der Waals surface area contributed by atoms with Crippen LogP contribution in [0.3, 0.4) is 0 Å². The largest absolute Gasteiger partial charge is 0.508 e. The fourth-order valence-electron chi connectivity index (χ4n) is 3.26. The Hall–Kier alpha value is -0.670. The minimum absolute atomic E-state index is 0.393. The Kier molecular flexibility index (Phi) is 3.07. The Morgan fingerprint density at radius 1 is 1.39 bits per heavy atom. The molecule has 1 aliphatic carbocycles. The first-order chi connectivity index (χ1) is 8.58. The third-order valence-electron chi connectivity index (χ3n) is 4.52. The molecule has 0 amide bonds. The molecular formula is C15H21NOS. The van der Waals surface area contributed by atoms with Gasteiger partial charge in [0.05, 0.1) is 0 Å². The molecule has 0 bridgehead atoms. The summed E-state index contributed by atoms with van der Waals surface area (Å²) in [6.07, 6.45) is 5.62. The van der Waals surface area contributed by atoms with Gasteiger partial charge in [-0.3, -0.25) is 0 Å². The van der Waals surface area contributed by atoms with Crippen molar-refractivity contribution in [1.82, 2.24) is 4.31 Å². The predicted molar refractivity (Wildman–Crippen MR) is 75.8 cm³/mol. The van der Waals surface area contributed by atoms with Crippen molar-refractivity contribution in [3.63, 3.8) is 0 Å². The van der Waals surface area contributed by atoms with Gasteiger partial charge < -0.3 is 5.11 Å². The van der Waals surface area contributed by atoms with Gasteiger partial charge >= 0.3 is 0 Å². The molecule has 98 valence electrons. The maximum absolute atomic E-state index is 9.56. The van der Waals surface area contributed by atoms with E-state index >= 15 is 0 Å². The second-order valence-corrected chi connectivity index (χ2v) is 7.14. The molecule has 1 aromatic carbocycles. The van der Waals surface area contributed by atoms with Crippen LogP contribution in [0.4, 0.5) is 0 Å². The normalized spacial score (nSPS) is 26.4.